The summed E-state index contributed by atoms with van der Waals surface area (Å²) < 4.78 is 0. The first-order valence-electron chi connectivity index (χ1n) is 4.40. The van der Waals surface area contributed by atoms with E-state index in [9.17, 15) is 0 Å². The molecule has 0 nitrogen and oxygen atoms in total. The summed E-state index contributed by atoms with van der Waals surface area (Å²) in [6.07, 6.45) is 2.17. The Bertz CT molecular complexity index is 316. The maximum atomic E-state index is 2.17. The molecule has 0 heterocycles. The van der Waals surface area contributed by atoms with Crippen LogP contribution in [0.1, 0.15) is 11.1 Å². The standard InChI is InChI=1S/C13H11.Zr/c1-3-7-12(8-4-1)11-13-9-5-2-6-10-13;/h1-11H;. The summed E-state index contributed by atoms with van der Waals surface area (Å²) in [4.78, 5) is 0. The smallest absolute Gasteiger partial charge is 0.0199 e. The van der Waals surface area contributed by atoms with Crippen LogP contribution in [-0.4, -0.2) is 0 Å². The molecule has 1 radical (unpaired) electrons. The first kappa shape index (κ1) is 11.4. The third kappa shape index (κ3) is 3.23. The molecule has 0 spiro atoms. The van der Waals surface area contributed by atoms with E-state index in [1.54, 1.807) is 0 Å². The predicted molar refractivity (Wildman–Crippen MR) is 55.4 cm³/mol. The quantitative estimate of drug-likeness (QED) is 0.775. The average molecular weight is 258 g/mol. The zero-order valence-corrected chi connectivity index (χ0v) is 10.3. The van der Waals surface area contributed by atoms with Gasteiger partial charge in [-0.2, -0.15) is 0 Å². The molecule has 0 amide bonds. The molecule has 0 fully saturated rings. The van der Waals surface area contributed by atoms with Crippen molar-refractivity contribution in [2.45, 2.75) is 0 Å². The molecule has 0 atom stereocenters. The number of hydrogen-bond donors (Lipinski definition) is 0. The molecular formula is C13H11Zr. The van der Waals surface area contributed by atoms with Gasteiger partial charge in [-0.05, 0) is 11.1 Å². The molecule has 0 saturated carbocycles. The number of rotatable bonds is 2. The summed E-state index contributed by atoms with van der Waals surface area (Å²) in [5.74, 6) is 0. The Hall–Kier alpha value is -0.677. The molecule has 2 rings (SSSR count). The molecule has 0 saturated heterocycles. The van der Waals surface area contributed by atoms with Crippen LogP contribution in [0.4, 0.5) is 0 Å². The fraction of sp³-hybridized carbons (Fsp3) is 0. The van der Waals surface area contributed by atoms with Gasteiger partial charge in [0, 0.05) is 32.6 Å². The molecule has 0 aliphatic heterocycles. The van der Waals surface area contributed by atoms with Crippen LogP contribution in [0.15, 0.2) is 60.7 Å². The Labute approximate surface area is 104 Å². The van der Waals surface area contributed by atoms with Gasteiger partial charge in [-0.25, -0.2) is 0 Å². The molecule has 2 aromatic rings. The van der Waals surface area contributed by atoms with E-state index in [4.69, 9.17) is 0 Å². The van der Waals surface area contributed by atoms with Gasteiger partial charge in [0.25, 0.3) is 0 Å². The second-order valence-electron chi connectivity index (χ2n) is 2.97. The van der Waals surface area contributed by atoms with Gasteiger partial charge < -0.3 is 0 Å². The topological polar surface area (TPSA) is 0 Å². The van der Waals surface area contributed by atoms with Gasteiger partial charge in [-0.15, -0.1) is 0 Å². The van der Waals surface area contributed by atoms with E-state index in [0.717, 1.165) is 0 Å². The Morgan fingerprint density at radius 1 is 0.571 bits per heavy atom. The van der Waals surface area contributed by atoms with Gasteiger partial charge >= 0.3 is 0 Å². The monoisotopic (exact) mass is 257 g/mol. The fourth-order valence-electron chi connectivity index (χ4n) is 1.29. The van der Waals surface area contributed by atoms with Crippen molar-refractivity contribution in [3.8, 4) is 0 Å². The van der Waals surface area contributed by atoms with Crippen molar-refractivity contribution >= 4 is 0 Å². The summed E-state index contributed by atoms with van der Waals surface area (Å²) >= 11 is 0. The van der Waals surface area contributed by atoms with Crippen LogP contribution in [0.5, 0.6) is 0 Å². The van der Waals surface area contributed by atoms with Crippen LogP contribution >= 0.6 is 0 Å². The van der Waals surface area contributed by atoms with Crippen molar-refractivity contribution in [1.82, 2.24) is 0 Å². The van der Waals surface area contributed by atoms with Crippen LogP contribution in [0, 0.1) is 6.42 Å². The molecule has 0 aromatic heterocycles. The maximum Gasteiger partial charge on any atom is 0.0199 e. The SMILES string of the molecule is [CH](c1ccccc1)c1ccccc1.[Zr]. The number of benzene rings is 2. The third-order valence-electron chi connectivity index (χ3n) is 1.93. The summed E-state index contributed by atoms with van der Waals surface area (Å²) in [6.45, 7) is 0. The zero-order chi connectivity index (χ0) is 8.93. The Kier molecular flexibility index (Phi) is 4.83. The van der Waals surface area contributed by atoms with Crippen molar-refractivity contribution < 1.29 is 26.2 Å². The minimum absolute atomic E-state index is 0. The first-order valence-corrected chi connectivity index (χ1v) is 4.40. The average Bonchev–Trinajstić information content (AvgIpc) is 2.21. The molecule has 0 aliphatic rings. The van der Waals surface area contributed by atoms with E-state index in [1.165, 1.54) is 11.1 Å². The van der Waals surface area contributed by atoms with E-state index in [0.29, 0.717) is 0 Å². The summed E-state index contributed by atoms with van der Waals surface area (Å²) in [7, 11) is 0. The Morgan fingerprint density at radius 2 is 0.929 bits per heavy atom. The Balaban J connectivity index is 0.000000980. The summed E-state index contributed by atoms with van der Waals surface area (Å²) in [5, 5.41) is 0. The van der Waals surface area contributed by atoms with Crippen molar-refractivity contribution in [3.63, 3.8) is 0 Å². The van der Waals surface area contributed by atoms with E-state index >= 15 is 0 Å². The van der Waals surface area contributed by atoms with Crippen LogP contribution in [0.25, 0.3) is 0 Å². The molecule has 0 unspecified atom stereocenters. The molecule has 67 valence electrons. The van der Waals surface area contributed by atoms with Crippen molar-refractivity contribution in [3.05, 3.63) is 78.2 Å². The third-order valence-corrected chi connectivity index (χ3v) is 1.93. The van der Waals surface area contributed by atoms with Crippen LogP contribution in [0.2, 0.25) is 0 Å². The van der Waals surface area contributed by atoms with E-state index in [2.05, 4.69) is 55.0 Å². The van der Waals surface area contributed by atoms with Crippen LogP contribution in [0.3, 0.4) is 0 Å². The molecule has 2 aromatic carbocycles. The molecule has 0 bridgehead atoms. The molecule has 0 N–H and O–H groups in total. The van der Waals surface area contributed by atoms with Gasteiger partial charge in [0.2, 0.25) is 0 Å². The normalized spacial score (nSPS) is 9.14. The first-order chi connectivity index (χ1) is 6.45. The fourth-order valence-corrected chi connectivity index (χ4v) is 1.29. The van der Waals surface area contributed by atoms with E-state index in [-0.39, 0.29) is 26.2 Å². The van der Waals surface area contributed by atoms with Gasteiger partial charge in [-0.3, -0.25) is 0 Å². The summed E-state index contributed by atoms with van der Waals surface area (Å²) in [5.41, 5.74) is 2.49. The van der Waals surface area contributed by atoms with Gasteiger partial charge in [0.1, 0.15) is 0 Å². The van der Waals surface area contributed by atoms with E-state index < -0.39 is 0 Å². The summed E-state index contributed by atoms with van der Waals surface area (Å²) in [6, 6.07) is 20.7. The molecule has 0 aliphatic carbocycles. The molecule has 14 heavy (non-hydrogen) atoms. The largest absolute Gasteiger partial charge is 0.0622 e. The van der Waals surface area contributed by atoms with Crippen LogP contribution in [-0.2, 0) is 26.2 Å². The van der Waals surface area contributed by atoms with Crippen LogP contribution < -0.4 is 0 Å². The van der Waals surface area contributed by atoms with Crippen molar-refractivity contribution in [2.75, 3.05) is 0 Å². The van der Waals surface area contributed by atoms with Gasteiger partial charge in [0.05, 0.1) is 0 Å². The van der Waals surface area contributed by atoms with Gasteiger partial charge in [-0.1, -0.05) is 60.7 Å². The zero-order valence-electron chi connectivity index (χ0n) is 7.85. The van der Waals surface area contributed by atoms with Gasteiger partial charge in [0.15, 0.2) is 0 Å². The second-order valence-corrected chi connectivity index (χ2v) is 2.97. The maximum absolute atomic E-state index is 2.17. The van der Waals surface area contributed by atoms with E-state index in [1.807, 2.05) is 12.1 Å². The predicted octanol–water partition coefficient (Wildman–Crippen LogP) is 3.28. The second kappa shape index (κ2) is 5.93. The van der Waals surface area contributed by atoms with Crippen molar-refractivity contribution in [2.24, 2.45) is 0 Å². The molecule has 1 heteroatoms. The Morgan fingerprint density at radius 3 is 1.29 bits per heavy atom. The minimum atomic E-state index is 0. The number of hydrogen-bond acceptors (Lipinski definition) is 0. The van der Waals surface area contributed by atoms with Crippen molar-refractivity contribution in [1.29, 1.82) is 0 Å². The molecular weight excluding hydrogens is 247 g/mol. The minimum Gasteiger partial charge on any atom is -0.0622 e.